The van der Waals surface area contributed by atoms with Gasteiger partial charge in [-0.15, -0.1) is 0 Å². The third kappa shape index (κ3) is 6.11. The van der Waals surface area contributed by atoms with Gasteiger partial charge in [-0.25, -0.2) is 4.79 Å². The number of allylic oxidation sites excluding steroid dienone is 1. The predicted octanol–water partition coefficient (Wildman–Crippen LogP) is 5.38. The number of pyridine rings is 1. The van der Waals surface area contributed by atoms with E-state index in [9.17, 15) is 15.1 Å². The Balaban J connectivity index is 1.46. The Morgan fingerprint density at radius 3 is 2.67 bits per heavy atom. The van der Waals surface area contributed by atoms with E-state index in [2.05, 4.69) is 9.88 Å². The van der Waals surface area contributed by atoms with E-state index in [1.54, 1.807) is 12.4 Å². The van der Waals surface area contributed by atoms with E-state index in [4.69, 9.17) is 11.6 Å². The van der Waals surface area contributed by atoms with Crippen molar-refractivity contribution < 1.29 is 15.1 Å². The second-order valence-corrected chi connectivity index (χ2v) is 11.0. The molecular formula is C27H36ClN5O3. The van der Waals surface area contributed by atoms with E-state index >= 15 is 0 Å². The lowest BCUT2D eigenvalue weighted by atomic mass is 9.97. The molecule has 0 radical (unpaired) electrons. The molecule has 1 amide bonds. The number of carbonyl (C=O) groups is 1. The van der Waals surface area contributed by atoms with E-state index in [0.717, 1.165) is 49.1 Å². The number of aromatic nitrogens is 1. The van der Waals surface area contributed by atoms with Gasteiger partial charge in [-0.05, 0) is 82.3 Å². The fourth-order valence-corrected chi connectivity index (χ4v) is 5.24. The number of rotatable bonds is 8. The molecule has 2 aliphatic rings. The van der Waals surface area contributed by atoms with Gasteiger partial charge in [-0.1, -0.05) is 23.7 Å². The molecule has 1 fully saturated rings. The van der Waals surface area contributed by atoms with Crippen molar-refractivity contribution in [3.63, 3.8) is 0 Å². The number of anilines is 1. The minimum Gasteiger partial charge on any atom is -0.465 e. The Kier molecular flexibility index (Phi) is 8.07. The van der Waals surface area contributed by atoms with Crippen molar-refractivity contribution in [2.75, 3.05) is 31.4 Å². The van der Waals surface area contributed by atoms with Gasteiger partial charge in [0, 0.05) is 47.7 Å². The maximum atomic E-state index is 11.7. The Morgan fingerprint density at radius 2 is 1.97 bits per heavy atom. The van der Waals surface area contributed by atoms with Crippen molar-refractivity contribution in [2.24, 2.45) is 0 Å². The molecule has 0 unspecified atom stereocenters. The van der Waals surface area contributed by atoms with Gasteiger partial charge in [-0.3, -0.25) is 20.1 Å². The topological polar surface area (TPSA) is 83.4 Å². The molecule has 2 aromatic rings. The number of halogens is 1. The standard InChI is InChI=1S/C27H36ClN5O3/c1-27(2,3)32(26(34)35)15-5-14-30-13-4-6-23(30)19-31-18-21(16-20-7-9-22(28)10-8-20)24-11-12-29-17-25(24)33(31)36/h7-12,17-18,23,36H,4-6,13-16,19H2,1-3H3,(H,34,35)/t23-/m1/s1. The maximum absolute atomic E-state index is 11.7. The summed E-state index contributed by atoms with van der Waals surface area (Å²) in [7, 11) is 0. The molecule has 1 atom stereocenters. The van der Waals surface area contributed by atoms with E-state index in [0.29, 0.717) is 30.2 Å². The fourth-order valence-electron chi connectivity index (χ4n) is 5.11. The van der Waals surface area contributed by atoms with Crippen LogP contribution in [0, 0.1) is 0 Å². The Morgan fingerprint density at radius 1 is 1.22 bits per heavy atom. The van der Waals surface area contributed by atoms with E-state index in [1.807, 2.05) is 62.3 Å². The van der Waals surface area contributed by atoms with Gasteiger partial charge >= 0.3 is 6.09 Å². The lowest BCUT2D eigenvalue weighted by Crippen LogP contribution is -2.48. The molecular weight excluding hydrogens is 478 g/mol. The molecule has 36 heavy (non-hydrogen) atoms. The summed E-state index contributed by atoms with van der Waals surface area (Å²) in [5, 5.41) is 24.4. The molecule has 0 bridgehead atoms. The van der Waals surface area contributed by atoms with Gasteiger partial charge in [0.15, 0.2) is 0 Å². The van der Waals surface area contributed by atoms with Gasteiger partial charge in [0.25, 0.3) is 0 Å². The highest BCUT2D eigenvalue weighted by molar-refractivity contribution is 6.30. The van der Waals surface area contributed by atoms with Crippen LogP contribution in [-0.4, -0.2) is 74.0 Å². The fraction of sp³-hybridized carbons (Fsp3) is 0.481. The molecule has 4 rings (SSSR count). The van der Waals surface area contributed by atoms with E-state index in [1.165, 1.54) is 10.1 Å². The van der Waals surface area contributed by atoms with Crippen LogP contribution in [0.1, 0.15) is 51.2 Å². The van der Waals surface area contributed by atoms with Crippen molar-refractivity contribution in [3.8, 4) is 0 Å². The summed E-state index contributed by atoms with van der Waals surface area (Å²) in [6.07, 6.45) is 8.19. The first-order valence-corrected chi connectivity index (χ1v) is 12.9. The zero-order valence-electron chi connectivity index (χ0n) is 21.3. The number of benzene rings is 1. The largest absolute Gasteiger partial charge is 0.465 e. The first-order chi connectivity index (χ1) is 17.1. The highest BCUT2D eigenvalue weighted by Crippen LogP contribution is 2.35. The highest BCUT2D eigenvalue weighted by Gasteiger charge is 2.31. The summed E-state index contributed by atoms with van der Waals surface area (Å²) in [6, 6.07) is 10.0. The lowest BCUT2D eigenvalue weighted by molar-refractivity contribution is 0.0752. The molecule has 1 aromatic heterocycles. The van der Waals surface area contributed by atoms with Crippen molar-refractivity contribution in [3.05, 3.63) is 65.1 Å². The summed E-state index contributed by atoms with van der Waals surface area (Å²) in [4.78, 5) is 19.8. The number of likely N-dealkylation sites (tertiary alicyclic amines) is 1. The number of hydrogen-bond acceptors (Lipinski definition) is 6. The number of fused-ring (bicyclic) bond motifs is 1. The molecule has 0 saturated carbocycles. The van der Waals surface area contributed by atoms with E-state index in [-0.39, 0.29) is 6.04 Å². The van der Waals surface area contributed by atoms with Gasteiger partial charge in [0.2, 0.25) is 0 Å². The van der Waals surface area contributed by atoms with Crippen LogP contribution in [0.3, 0.4) is 0 Å². The molecule has 8 nitrogen and oxygen atoms in total. The second-order valence-electron chi connectivity index (χ2n) is 10.6. The molecule has 0 aliphatic carbocycles. The number of carboxylic acid groups (broad SMARTS) is 1. The molecule has 2 N–H and O–H groups in total. The van der Waals surface area contributed by atoms with Crippen LogP contribution < -0.4 is 5.17 Å². The summed E-state index contributed by atoms with van der Waals surface area (Å²) >= 11 is 6.07. The van der Waals surface area contributed by atoms with Gasteiger partial charge in [0.05, 0.1) is 12.7 Å². The zero-order valence-corrected chi connectivity index (χ0v) is 22.0. The molecule has 9 heteroatoms. The lowest BCUT2D eigenvalue weighted by Gasteiger charge is -2.39. The Labute approximate surface area is 218 Å². The summed E-state index contributed by atoms with van der Waals surface area (Å²) in [5.41, 5.74) is 3.44. The quantitative estimate of drug-likeness (QED) is 0.490. The minimum atomic E-state index is -0.879. The number of hydrogen-bond donors (Lipinski definition) is 2. The maximum Gasteiger partial charge on any atom is 0.407 e. The van der Waals surface area contributed by atoms with Crippen LogP contribution >= 0.6 is 11.6 Å². The molecule has 1 aromatic carbocycles. The zero-order chi connectivity index (χ0) is 25.9. The molecule has 0 spiro atoms. The normalized spacial score (nSPS) is 18.2. The van der Waals surface area contributed by atoms with Crippen molar-refractivity contribution in [1.29, 1.82) is 0 Å². The van der Waals surface area contributed by atoms with Gasteiger partial charge in [0.1, 0.15) is 5.69 Å². The van der Waals surface area contributed by atoms with Gasteiger partial charge < -0.3 is 10.0 Å². The molecule has 2 aliphatic heterocycles. The van der Waals surface area contributed by atoms with Crippen LogP contribution in [0.5, 0.6) is 0 Å². The third-order valence-corrected chi connectivity index (χ3v) is 7.23. The van der Waals surface area contributed by atoms with E-state index < -0.39 is 11.6 Å². The Hall–Kier alpha value is -2.81. The van der Waals surface area contributed by atoms with Crippen LogP contribution in [0.15, 0.2) is 48.9 Å². The number of amides is 1. The smallest absolute Gasteiger partial charge is 0.407 e. The van der Waals surface area contributed by atoms with Crippen molar-refractivity contribution >= 4 is 29.0 Å². The highest BCUT2D eigenvalue weighted by atomic mass is 35.5. The first-order valence-electron chi connectivity index (χ1n) is 12.5. The third-order valence-electron chi connectivity index (χ3n) is 6.98. The van der Waals surface area contributed by atoms with Crippen LogP contribution in [0.4, 0.5) is 10.5 Å². The predicted molar refractivity (Wildman–Crippen MR) is 142 cm³/mol. The molecule has 1 saturated heterocycles. The van der Waals surface area contributed by atoms with Crippen LogP contribution in [0.25, 0.3) is 5.57 Å². The number of hydrazine groups is 1. The summed E-state index contributed by atoms with van der Waals surface area (Å²) < 4.78 is 0. The minimum absolute atomic E-state index is 0.263. The molecule has 194 valence electrons. The molecule has 3 heterocycles. The first kappa shape index (κ1) is 26.3. The Bertz CT molecular complexity index is 1090. The average molecular weight is 514 g/mol. The van der Waals surface area contributed by atoms with Crippen molar-refractivity contribution in [1.82, 2.24) is 19.8 Å². The van der Waals surface area contributed by atoms with Gasteiger partial charge in [-0.2, -0.15) is 5.17 Å². The average Bonchev–Trinajstić information content (AvgIpc) is 3.27. The summed E-state index contributed by atoms with van der Waals surface area (Å²) in [5.74, 6) is 0. The summed E-state index contributed by atoms with van der Waals surface area (Å²) in [6.45, 7) is 8.71. The SMILES string of the molecule is CC(C)(C)N(CCCN1CCC[C@@H]1CN1C=C(Cc2ccc(Cl)cc2)c2ccncc2N1O)C(=O)O. The van der Waals surface area contributed by atoms with Crippen LogP contribution in [0.2, 0.25) is 5.02 Å². The van der Waals surface area contributed by atoms with Crippen LogP contribution in [-0.2, 0) is 6.42 Å². The monoisotopic (exact) mass is 513 g/mol. The second kappa shape index (κ2) is 11.1. The number of nitrogens with zero attached hydrogens (tertiary/aromatic N) is 5. The van der Waals surface area contributed by atoms with Crippen molar-refractivity contribution in [2.45, 2.75) is 58.0 Å².